The van der Waals surface area contributed by atoms with Gasteiger partial charge in [0.1, 0.15) is 0 Å². The Bertz CT molecular complexity index is 442. The van der Waals surface area contributed by atoms with Gasteiger partial charge in [-0.15, -0.1) is 0 Å². The van der Waals surface area contributed by atoms with Crippen LogP contribution in [0.5, 0.6) is 0 Å². The summed E-state index contributed by atoms with van der Waals surface area (Å²) in [6.07, 6.45) is 1.14. The standard InChI is InChI=1S/C16H26BrN3O/c1-2-18-13-14-4-5-16(15(17)12-14)20-7-3-6-19(8-9-20)10-11-21/h4-5,12,18,21H,2-3,6-11,13H2,1H3. The number of anilines is 1. The highest BCUT2D eigenvalue weighted by molar-refractivity contribution is 9.10. The molecule has 0 unspecified atom stereocenters. The van der Waals surface area contributed by atoms with Crippen molar-refractivity contribution in [1.29, 1.82) is 0 Å². The van der Waals surface area contributed by atoms with Gasteiger partial charge in [-0.05, 0) is 53.1 Å². The molecule has 2 N–H and O–H groups in total. The van der Waals surface area contributed by atoms with E-state index < -0.39 is 0 Å². The minimum atomic E-state index is 0.253. The maximum absolute atomic E-state index is 9.07. The topological polar surface area (TPSA) is 38.7 Å². The van der Waals surface area contributed by atoms with Gasteiger partial charge in [0, 0.05) is 37.2 Å². The zero-order chi connectivity index (χ0) is 15.1. The van der Waals surface area contributed by atoms with Crippen molar-refractivity contribution in [2.24, 2.45) is 0 Å². The Labute approximate surface area is 136 Å². The fraction of sp³-hybridized carbons (Fsp3) is 0.625. The molecule has 1 aromatic carbocycles. The molecule has 1 heterocycles. The Morgan fingerprint density at radius 3 is 2.81 bits per heavy atom. The summed E-state index contributed by atoms with van der Waals surface area (Å²) in [6, 6.07) is 6.64. The van der Waals surface area contributed by atoms with E-state index >= 15 is 0 Å². The maximum Gasteiger partial charge on any atom is 0.0558 e. The number of aliphatic hydroxyl groups is 1. The van der Waals surface area contributed by atoms with Gasteiger partial charge in [-0.1, -0.05) is 13.0 Å². The van der Waals surface area contributed by atoms with E-state index in [9.17, 15) is 0 Å². The summed E-state index contributed by atoms with van der Waals surface area (Å²) in [4.78, 5) is 4.78. The number of rotatable bonds is 6. The van der Waals surface area contributed by atoms with E-state index in [0.717, 1.165) is 52.2 Å². The molecular formula is C16H26BrN3O. The predicted molar refractivity (Wildman–Crippen MR) is 91.9 cm³/mol. The summed E-state index contributed by atoms with van der Waals surface area (Å²) in [5.74, 6) is 0. The zero-order valence-electron chi connectivity index (χ0n) is 12.8. The Morgan fingerprint density at radius 1 is 1.24 bits per heavy atom. The van der Waals surface area contributed by atoms with Crippen LogP contribution < -0.4 is 10.2 Å². The highest BCUT2D eigenvalue weighted by Crippen LogP contribution is 2.28. The van der Waals surface area contributed by atoms with E-state index in [1.165, 1.54) is 15.7 Å². The summed E-state index contributed by atoms with van der Waals surface area (Å²) < 4.78 is 1.17. The van der Waals surface area contributed by atoms with E-state index in [-0.39, 0.29) is 6.61 Å². The molecule has 118 valence electrons. The average molecular weight is 356 g/mol. The lowest BCUT2D eigenvalue weighted by Crippen LogP contribution is -2.32. The first-order chi connectivity index (χ1) is 10.2. The maximum atomic E-state index is 9.07. The summed E-state index contributed by atoms with van der Waals surface area (Å²) in [5, 5.41) is 12.4. The van der Waals surface area contributed by atoms with Crippen LogP contribution in [0.15, 0.2) is 22.7 Å². The first-order valence-electron chi connectivity index (χ1n) is 7.82. The van der Waals surface area contributed by atoms with Gasteiger partial charge in [0.2, 0.25) is 0 Å². The van der Waals surface area contributed by atoms with Crippen LogP contribution in [0.3, 0.4) is 0 Å². The Hall–Kier alpha value is -0.620. The van der Waals surface area contributed by atoms with Crippen molar-refractivity contribution in [3.05, 3.63) is 28.2 Å². The van der Waals surface area contributed by atoms with E-state index in [1.807, 2.05) is 0 Å². The second kappa shape index (κ2) is 8.73. The molecule has 0 aliphatic carbocycles. The van der Waals surface area contributed by atoms with E-state index in [4.69, 9.17) is 5.11 Å². The number of hydrogen-bond donors (Lipinski definition) is 2. The third-order valence-electron chi connectivity index (χ3n) is 3.94. The van der Waals surface area contributed by atoms with Crippen LogP contribution in [0, 0.1) is 0 Å². The third kappa shape index (κ3) is 4.95. The first kappa shape index (κ1) is 16.7. The fourth-order valence-electron chi connectivity index (χ4n) is 2.76. The van der Waals surface area contributed by atoms with Crippen LogP contribution in [0.1, 0.15) is 18.9 Å². The number of benzene rings is 1. The fourth-order valence-corrected chi connectivity index (χ4v) is 3.44. The highest BCUT2D eigenvalue weighted by atomic mass is 79.9. The minimum absolute atomic E-state index is 0.253. The molecule has 0 amide bonds. The second-order valence-corrected chi connectivity index (χ2v) is 6.33. The summed E-state index contributed by atoms with van der Waals surface area (Å²) in [5.41, 5.74) is 2.59. The lowest BCUT2D eigenvalue weighted by Gasteiger charge is -2.25. The van der Waals surface area contributed by atoms with Crippen molar-refractivity contribution in [3.8, 4) is 0 Å². The molecule has 2 rings (SSSR count). The quantitative estimate of drug-likeness (QED) is 0.819. The van der Waals surface area contributed by atoms with Crippen LogP contribution in [0.2, 0.25) is 0 Å². The lowest BCUT2D eigenvalue weighted by atomic mass is 10.2. The van der Waals surface area contributed by atoms with E-state index in [2.05, 4.69) is 56.2 Å². The predicted octanol–water partition coefficient (Wildman–Crippen LogP) is 2.06. The van der Waals surface area contributed by atoms with Crippen LogP contribution in [-0.4, -0.2) is 55.9 Å². The van der Waals surface area contributed by atoms with Gasteiger partial charge < -0.3 is 15.3 Å². The molecule has 1 aromatic rings. The summed E-state index contributed by atoms with van der Waals surface area (Å²) in [7, 11) is 0. The normalized spacial score (nSPS) is 17.0. The van der Waals surface area contributed by atoms with Gasteiger partial charge >= 0.3 is 0 Å². The van der Waals surface area contributed by atoms with Crippen molar-refractivity contribution < 1.29 is 5.11 Å². The second-order valence-electron chi connectivity index (χ2n) is 5.47. The molecule has 1 fully saturated rings. The molecule has 1 saturated heterocycles. The molecular weight excluding hydrogens is 330 g/mol. The van der Waals surface area contributed by atoms with Gasteiger partial charge in [-0.2, -0.15) is 0 Å². The molecule has 0 atom stereocenters. The summed E-state index contributed by atoms with van der Waals surface area (Å²) in [6.45, 7) is 9.27. The van der Waals surface area contributed by atoms with Crippen LogP contribution in [-0.2, 0) is 6.54 Å². The molecule has 0 spiro atoms. The molecule has 1 aliphatic rings. The lowest BCUT2D eigenvalue weighted by molar-refractivity contribution is 0.204. The number of nitrogens with one attached hydrogen (secondary N) is 1. The number of aliphatic hydroxyl groups excluding tert-OH is 1. The van der Waals surface area contributed by atoms with Gasteiger partial charge in [0.25, 0.3) is 0 Å². The van der Waals surface area contributed by atoms with Crippen LogP contribution in [0.25, 0.3) is 0 Å². The molecule has 0 radical (unpaired) electrons. The Balaban J connectivity index is 2.00. The molecule has 0 aromatic heterocycles. The first-order valence-corrected chi connectivity index (χ1v) is 8.61. The van der Waals surface area contributed by atoms with Crippen LogP contribution in [0.4, 0.5) is 5.69 Å². The van der Waals surface area contributed by atoms with Gasteiger partial charge in [0.05, 0.1) is 12.3 Å². The van der Waals surface area contributed by atoms with Gasteiger partial charge in [0.15, 0.2) is 0 Å². The van der Waals surface area contributed by atoms with Gasteiger partial charge in [-0.3, -0.25) is 4.90 Å². The highest BCUT2D eigenvalue weighted by Gasteiger charge is 2.16. The minimum Gasteiger partial charge on any atom is -0.395 e. The number of nitrogens with zero attached hydrogens (tertiary/aromatic N) is 2. The SMILES string of the molecule is CCNCc1ccc(N2CCCN(CCO)CC2)c(Br)c1. The van der Waals surface area contributed by atoms with E-state index in [0.29, 0.717) is 0 Å². The summed E-state index contributed by atoms with van der Waals surface area (Å²) >= 11 is 3.72. The Morgan fingerprint density at radius 2 is 2.10 bits per heavy atom. The number of β-amino-alcohol motifs (C(OH)–C–C–N with tert-alkyl or cyclic N) is 1. The van der Waals surface area contributed by atoms with Crippen LogP contribution >= 0.6 is 15.9 Å². The average Bonchev–Trinajstić information content (AvgIpc) is 2.71. The third-order valence-corrected chi connectivity index (χ3v) is 4.57. The van der Waals surface area contributed by atoms with Crippen molar-refractivity contribution in [2.75, 3.05) is 50.8 Å². The largest absolute Gasteiger partial charge is 0.395 e. The van der Waals surface area contributed by atoms with Gasteiger partial charge in [-0.25, -0.2) is 0 Å². The molecule has 0 saturated carbocycles. The molecule has 21 heavy (non-hydrogen) atoms. The number of hydrogen-bond acceptors (Lipinski definition) is 4. The smallest absolute Gasteiger partial charge is 0.0558 e. The van der Waals surface area contributed by atoms with Crippen molar-refractivity contribution in [3.63, 3.8) is 0 Å². The molecule has 0 bridgehead atoms. The monoisotopic (exact) mass is 355 g/mol. The molecule has 1 aliphatic heterocycles. The molecule has 5 heteroatoms. The van der Waals surface area contributed by atoms with Crippen molar-refractivity contribution >= 4 is 21.6 Å². The zero-order valence-corrected chi connectivity index (χ0v) is 14.4. The Kier molecular flexibility index (Phi) is 6.96. The molecule has 4 nitrogen and oxygen atoms in total. The van der Waals surface area contributed by atoms with E-state index in [1.54, 1.807) is 0 Å². The number of halogens is 1. The van der Waals surface area contributed by atoms with Crippen molar-refractivity contribution in [1.82, 2.24) is 10.2 Å². The van der Waals surface area contributed by atoms with Crippen molar-refractivity contribution in [2.45, 2.75) is 19.9 Å².